The zero-order valence-corrected chi connectivity index (χ0v) is 12.7. The Morgan fingerprint density at radius 1 is 1.16 bits per heavy atom. The molecule has 0 amide bonds. The molecule has 1 aromatic carbocycles. The van der Waals surface area contributed by atoms with Gasteiger partial charge < -0.3 is 10.6 Å². The Bertz CT molecular complexity index is 429. The molecular weight excluding hydrogens is 252 g/mol. The van der Waals surface area contributed by atoms with Crippen LogP contribution in [0.2, 0.25) is 0 Å². The van der Waals surface area contributed by atoms with Gasteiger partial charge in [-0.25, -0.2) is 0 Å². The van der Waals surface area contributed by atoms with Crippen molar-refractivity contribution in [2.45, 2.75) is 42.6 Å². The minimum atomic E-state index is 0.426. The van der Waals surface area contributed by atoms with Gasteiger partial charge >= 0.3 is 0 Å². The highest BCUT2D eigenvalue weighted by atomic mass is 32.2. The maximum Gasteiger partial charge on any atom is 0.0314 e. The number of nitrogens with zero attached hydrogens (tertiary/aromatic N) is 1. The van der Waals surface area contributed by atoms with Crippen molar-refractivity contribution in [3.63, 3.8) is 0 Å². The lowest BCUT2D eigenvalue weighted by Crippen LogP contribution is -2.44. The molecule has 2 aliphatic rings. The number of nitrogen functional groups attached to an aromatic ring is 1. The molecule has 2 nitrogen and oxygen atoms in total. The van der Waals surface area contributed by atoms with Crippen LogP contribution in [0.1, 0.15) is 32.3 Å². The van der Waals surface area contributed by atoms with Crippen LogP contribution in [0.3, 0.4) is 0 Å². The zero-order chi connectivity index (χ0) is 13.5. The smallest absolute Gasteiger partial charge is 0.0314 e. The van der Waals surface area contributed by atoms with Crippen molar-refractivity contribution in [1.29, 1.82) is 0 Å². The van der Waals surface area contributed by atoms with Crippen molar-refractivity contribution in [3.05, 3.63) is 29.8 Å². The van der Waals surface area contributed by atoms with Gasteiger partial charge in [0.25, 0.3) is 0 Å². The van der Waals surface area contributed by atoms with Gasteiger partial charge in [-0.3, -0.25) is 0 Å². The summed E-state index contributed by atoms with van der Waals surface area (Å²) in [5, 5.41) is 1.54. The van der Waals surface area contributed by atoms with Crippen LogP contribution in [0.15, 0.2) is 24.3 Å². The summed E-state index contributed by atoms with van der Waals surface area (Å²) < 4.78 is 0. The maximum atomic E-state index is 5.80. The molecular formula is C16H24N2S. The molecule has 1 saturated carbocycles. The van der Waals surface area contributed by atoms with Crippen molar-refractivity contribution in [2.75, 3.05) is 25.4 Å². The fraction of sp³-hybridized carbons (Fsp3) is 0.625. The van der Waals surface area contributed by atoms with Gasteiger partial charge in [0, 0.05) is 41.2 Å². The third-order valence-electron chi connectivity index (χ3n) is 4.40. The summed E-state index contributed by atoms with van der Waals surface area (Å²) in [7, 11) is 0. The van der Waals surface area contributed by atoms with Crippen LogP contribution in [0.25, 0.3) is 0 Å². The van der Waals surface area contributed by atoms with Crippen molar-refractivity contribution < 1.29 is 0 Å². The number of thioether (sulfide) groups is 1. The predicted octanol–water partition coefficient (Wildman–Crippen LogP) is 3.13. The fourth-order valence-corrected chi connectivity index (χ4v) is 4.75. The Morgan fingerprint density at radius 3 is 2.26 bits per heavy atom. The summed E-state index contributed by atoms with van der Waals surface area (Å²) in [4.78, 5) is 2.68. The second kappa shape index (κ2) is 5.02. The molecule has 1 aliphatic heterocycles. The molecule has 3 rings (SSSR count). The molecule has 2 fully saturated rings. The van der Waals surface area contributed by atoms with Crippen LogP contribution in [-0.4, -0.2) is 35.0 Å². The highest BCUT2D eigenvalue weighted by molar-refractivity contribution is 8.00. The van der Waals surface area contributed by atoms with E-state index in [-0.39, 0.29) is 0 Å². The van der Waals surface area contributed by atoms with E-state index in [9.17, 15) is 0 Å². The summed E-state index contributed by atoms with van der Waals surface area (Å²) in [5.74, 6) is 0. The molecule has 104 valence electrons. The van der Waals surface area contributed by atoms with E-state index in [2.05, 4.69) is 42.6 Å². The molecule has 0 radical (unpaired) electrons. The molecule has 3 heteroatoms. The second-order valence-corrected chi connectivity index (χ2v) is 8.24. The Morgan fingerprint density at radius 2 is 1.74 bits per heavy atom. The van der Waals surface area contributed by atoms with E-state index < -0.39 is 0 Å². The number of nitrogens with two attached hydrogens (primary N) is 1. The van der Waals surface area contributed by atoms with Crippen LogP contribution < -0.4 is 5.73 Å². The van der Waals surface area contributed by atoms with E-state index in [0.29, 0.717) is 5.41 Å². The minimum absolute atomic E-state index is 0.426. The number of hydrogen-bond donors (Lipinski definition) is 1. The Kier molecular flexibility index (Phi) is 3.52. The van der Waals surface area contributed by atoms with E-state index in [0.717, 1.165) is 16.2 Å². The lowest BCUT2D eigenvalue weighted by Gasteiger charge is -2.37. The number of hydrogen-bond acceptors (Lipinski definition) is 3. The first-order chi connectivity index (χ1) is 9.07. The minimum Gasteiger partial charge on any atom is -0.399 e. The third-order valence-corrected chi connectivity index (χ3v) is 5.63. The van der Waals surface area contributed by atoms with Gasteiger partial charge in [0.15, 0.2) is 0 Å². The van der Waals surface area contributed by atoms with Crippen molar-refractivity contribution in [1.82, 2.24) is 4.90 Å². The van der Waals surface area contributed by atoms with Crippen LogP contribution in [0.5, 0.6) is 0 Å². The molecule has 2 N–H and O–H groups in total. The summed E-state index contributed by atoms with van der Waals surface area (Å²) in [6.45, 7) is 8.43. The molecule has 2 unspecified atom stereocenters. The van der Waals surface area contributed by atoms with E-state index in [4.69, 9.17) is 5.73 Å². The zero-order valence-electron chi connectivity index (χ0n) is 11.9. The second-order valence-electron chi connectivity index (χ2n) is 6.35. The number of benzene rings is 1. The maximum absolute atomic E-state index is 5.80. The fourth-order valence-electron chi connectivity index (χ4n) is 3.37. The molecule has 19 heavy (non-hydrogen) atoms. The first kappa shape index (κ1) is 13.3. The lowest BCUT2D eigenvalue weighted by molar-refractivity contribution is 0.246. The van der Waals surface area contributed by atoms with Gasteiger partial charge in [-0.2, -0.15) is 11.8 Å². The van der Waals surface area contributed by atoms with Crippen LogP contribution in [0.4, 0.5) is 5.69 Å². The normalized spacial score (nSPS) is 30.2. The quantitative estimate of drug-likeness (QED) is 0.860. The van der Waals surface area contributed by atoms with Crippen molar-refractivity contribution in [3.8, 4) is 0 Å². The van der Waals surface area contributed by atoms with E-state index >= 15 is 0 Å². The SMILES string of the molecule is CC1CN(CC2(c3ccc(N)cc3)CC2)CC(C)S1. The molecule has 1 aliphatic carbocycles. The van der Waals surface area contributed by atoms with Gasteiger partial charge in [0.2, 0.25) is 0 Å². The average molecular weight is 276 g/mol. The molecule has 2 atom stereocenters. The van der Waals surface area contributed by atoms with E-state index in [1.165, 1.54) is 38.0 Å². The Hall–Kier alpha value is -0.670. The summed E-state index contributed by atoms with van der Waals surface area (Å²) in [6.07, 6.45) is 2.67. The lowest BCUT2D eigenvalue weighted by atomic mass is 9.95. The number of anilines is 1. The van der Waals surface area contributed by atoms with Crippen LogP contribution >= 0.6 is 11.8 Å². The third kappa shape index (κ3) is 2.92. The topological polar surface area (TPSA) is 29.3 Å². The summed E-state index contributed by atoms with van der Waals surface area (Å²) in [5.41, 5.74) is 8.58. The van der Waals surface area contributed by atoms with Crippen molar-refractivity contribution >= 4 is 17.4 Å². The Balaban J connectivity index is 1.70. The largest absolute Gasteiger partial charge is 0.399 e. The van der Waals surface area contributed by atoms with Gasteiger partial charge in [-0.15, -0.1) is 0 Å². The highest BCUT2D eigenvalue weighted by Crippen LogP contribution is 2.49. The van der Waals surface area contributed by atoms with Crippen molar-refractivity contribution in [2.24, 2.45) is 0 Å². The van der Waals surface area contributed by atoms with Gasteiger partial charge in [0.1, 0.15) is 0 Å². The van der Waals surface area contributed by atoms with E-state index in [1.54, 1.807) is 0 Å². The molecule has 1 saturated heterocycles. The summed E-state index contributed by atoms with van der Waals surface area (Å²) in [6, 6.07) is 8.56. The average Bonchev–Trinajstić information content (AvgIpc) is 3.09. The molecule has 1 heterocycles. The monoisotopic (exact) mass is 276 g/mol. The molecule has 1 aromatic rings. The first-order valence-corrected chi connectivity index (χ1v) is 8.25. The van der Waals surface area contributed by atoms with Gasteiger partial charge in [-0.1, -0.05) is 26.0 Å². The molecule has 0 bridgehead atoms. The number of rotatable bonds is 3. The van der Waals surface area contributed by atoms with Crippen LogP contribution in [-0.2, 0) is 5.41 Å². The first-order valence-electron chi connectivity index (χ1n) is 7.31. The Labute approximate surface area is 120 Å². The van der Waals surface area contributed by atoms with Gasteiger partial charge in [-0.05, 0) is 30.5 Å². The predicted molar refractivity (Wildman–Crippen MR) is 84.7 cm³/mol. The highest BCUT2D eigenvalue weighted by Gasteiger charge is 2.45. The molecule has 0 aromatic heterocycles. The van der Waals surface area contributed by atoms with Gasteiger partial charge in [0.05, 0.1) is 0 Å². The molecule has 0 spiro atoms. The standard InChI is InChI=1S/C16H24N2S/c1-12-9-18(10-13(2)19-12)11-16(7-8-16)14-3-5-15(17)6-4-14/h3-6,12-13H,7-11,17H2,1-2H3. The van der Waals surface area contributed by atoms with E-state index in [1.807, 2.05) is 12.1 Å². The summed E-state index contributed by atoms with van der Waals surface area (Å²) >= 11 is 2.13. The van der Waals surface area contributed by atoms with Crippen LogP contribution in [0, 0.1) is 0 Å².